The molecule has 0 radical (unpaired) electrons. The summed E-state index contributed by atoms with van der Waals surface area (Å²) >= 11 is 0. The number of hydrogen-bond donors (Lipinski definition) is 3. The summed E-state index contributed by atoms with van der Waals surface area (Å²) in [5.41, 5.74) is -1.82. The summed E-state index contributed by atoms with van der Waals surface area (Å²) in [6.45, 7) is 6.65. The Morgan fingerprint density at radius 3 is 2.39 bits per heavy atom. The number of hydrogen-bond acceptors (Lipinski definition) is 4. The highest BCUT2D eigenvalue weighted by Crippen LogP contribution is 2.45. The van der Waals surface area contributed by atoms with Crippen molar-refractivity contribution >= 4 is 22.8 Å². The molecule has 244 valence electrons. The van der Waals surface area contributed by atoms with E-state index < -0.39 is 53.3 Å². The van der Waals surface area contributed by atoms with Crippen LogP contribution in [0.5, 0.6) is 0 Å². The van der Waals surface area contributed by atoms with Gasteiger partial charge in [0.25, 0.3) is 5.91 Å². The minimum Gasteiger partial charge on any atom is -0.480 e. The number of aliphatic hydroxyl groups is 1. The normalized spacial score (nSPS) is 16.1. The van der Waals surface area contributed by atoms with Crippen molar-refractivity contribution in [3.63, 3.8) is 0 Å². The molecule has 46 heavy (non-hydrogen) atoms. The molecule has 0 saturated heterocycles. The average molecular weight is 640 g/mol. The Morgan fingerprint density at radius 2 is 1.76 bits per heavy atom. The number of carboxylic acids is 1. The molecule has 1 unspecified atom stereocenters. The molecule has 1 atom stereocenters. The van der Waals surface area contributed by atoms with Gasteiger partial charge < -0.3 is 15.5 Å². The lowest BCUT2D eigenvalue weighted by molar-refractivity contribution is -0.269. The van der Waals surface area contributed by atoms with Gasteiger partial charge in [-0.15, -0.1) is 0 Å². The Labute approximate surface area is 264 Å². The molecule has 7 nitrogen and oxygen atoms in total. The maximum Gasteiger partial charge on any atom is 0.417 e. The van der Waals surface area contributed by atoms with Gasteiger partial charge in [0, 0.05) is 10.9 Å². The maximum atomic E-state index is 14.5. The van der Waals surface area contributed by atoms with Crippen molar-refractivity contribution in [1.29, 1.82) is 0 Å². The van der Waals surface area contributed by atoms with E-state index in [2.05, 4.69) is 10.4 Å². The molecule has 1 saturated carbocycles. The highest BCUT2D eigenvalue weighted by Gasteiger charge is 2.55. The topological polar surface area (TPSA) is 104 Å². The molecule has 1 aliphatic rings. The van der Waals surface area contributed by atoms with Crippen molar-refractivity contribution < 1.29 is 37.4 Å². The second kappa shape index (κ2) is 11.8. The van der Waals surface area contributed by atoms with Crippen molar-refractivity contribution in [1.82, 2.24) is 15.1 Å². The molecule has 1 amide bonds. The van der Waals surface area contributed by atoms with Crippen LogP contribution in [0.4, 0.5) is 17.6 Å². The Hall–Kier alpha value is -4.25. The summed E-state index contributed by atoms with van der Waals surface area (Å²) in [5, 5.41) is 28.5. The van der Waals surface area contributed by atoms with Gasteiger partial charge in [-0.25, -0.2) is 13.9 Å². The Morgan fingerprint density at radius 1 is 1.04 bits per heavy atom. The second-order valence-electron chi connectivity index (χ2n) is 13.2. The minimum atomic E-state index is -4.95. The fourth-order valence-corrected chi connectivity index (χ4v) is 6.58. The number of carbonyl (C=O) groups excluding carboxylic acids is 1. The van der Waals surface area contributed by atoms with Gasteiger partial charge in [-0.05, 0) is 116 Å². The molecule has 4 aromatic rings. The van der Waals surface area contributed by atoms with Gasteiger partial charge in [0.05, 0.1) is 17.4 Å². The molecule has 1 fully saturated rings. The lowest BCUT2D eigenvalue weighted by Gasteiger charge is -2.38. The second-order valence-corrected chi connectivity index (χ2v) is 13.2. The number of aromatic nitrogens is 2. The zero-order valence-electron chi connectivity index (χ0n) is 26.1. The standard InChI is InChI=1S/C35H37F4N3O4/c1-21-15-23(11-14-34(46,35(37,38)39)20-32(3,4)28-18-25(36)10-9-22(28)2)27-19-40-42(29(27)16-21)26-8-5-7-24(17-26)30(43)41-33(31(44)45)12-6-13-33/h5,7-10,15-19,46H,6,11-14,20H2,1-4H3,(H,41,43)(H,44,45). The van der Waals surface area contributed by atoms with Crippen LogP contribution in [0.25, 0.3) is 16.6 Å². The smallest absolute Gasteiger partial charge is 0.417 e. The van der Waals surface area contributed by atoms with E-state index in [1.54, 1.807) is 62.7 Å². The van der Waals surface area contributed by atoms with Gasteiger partial charge in [0.15, 0.2) is 5.60 Å². The van der Waals surface area contributed by atoms with Gasteiger partial charge in [0.2, 0.25) is 0 Å². The van der Waals surface area contributed by atoms with E-state index in [9.17, 15) is 37.4 Å². The van der Waals surface area contributed by atoms with Crippen molar-refractivity contribution in [3.8, 4) is 5.69 Å². The van der Waals surface area contributed by atoms with Crippen molar-refractivity contribution in [2.24, 2.45) is 0 Å². The van der Waals surface area contributed by atoms with E-state index in [1.165, 1.54) is 24.4 Å². The first kappa shape index (κ1) is 33.1. The predicted octanol–water partition coefficient (Wildman–Crippen LogP) is 7.11. The number of aryl methyl sites for hydroxylation is 3. The van der Waals surface area contributed by atoms with Crippen LogP contribution in [0.3, 0.4) is 0 Å². The van der Waals surface area contributed by atoms with E-state index in [0.717, 1.165) is 5.56 Å². The number of benzene rings is 3. The molecule has 1 aromatic heterocycles. The molecule has 3 N–H and O–H groups in total. The van der Waals surface area contributed by atoms with Crippen LogP contribution in [0, 0.1) is 19.7 Å². The number of nitrogens with one attached hydrogen (secondary N) is 1. The van der Waals surface area contributed by atoms with Crippen LogP contribution in [0.2, 0.25) is 0 Å². The third-order valence-corrected chi connectivity index (χ3v) is 9.24. The number of amides is 1. The summed E-state index contributed by atoms with van der Waals surface area (Å²) < 4.78 is 59.2. The summed E-state index contributed by atoms with van der Waals surface area (Å²) in [5.74, 6) is -2.16. The van der Waals surface area contributed by atoms with E-state index in [4.69, 9.17) is 0 Å². The summed E-state index contributed by atoms with van der Waals surface area (Å²) in [4.78, 5) is 24.7. The van der Waals surface area contributed by atoms with E-state index in [-0.39, 0.29) is 12.0 Å². The third kappa shape index (κ3) is 6.25. The van der Waals surface area contributed by atoms with E-state index in [0.29, 0.717) is 52.5 Å². The maximum absolute atomic E-state index is 14.5. The first-order valence-corrected chi connectivity index (χ1v) is 15.1. The molecular formula is C35H37F4N3O4. The van der Waals surface area contributed by atoms with Crippen molar-refractivity contribution in [2.75, 3.05) is 0 Å². The van der Waals surface area contributed by atoms with Gasteiger partial charge in [0.1, 0.15) is 11.4 Å². The van der Waals surface area contributed by atoms with Crippen LogP contribution in [-0.4, -0.2) is 49.2 Å². The number of fused-ring (bicyclic) bond motifs is 1. The monoisotopic (exact) mass is 639 g/mol. The minimum absolute atomic E-state index is 0.113. The van der Waals surface area contributed by atoms with Gasteiger partial charge in [-0.3, -0.25) is 4.79 Å². The number of carboxylic acid groups (broad SMARTS) is 1. The number of halogens is 4. The quantitative estimate of drug-likeness (QED) is 0.161. The molecule has 1 heterocycles. The number of carbonyl (C=O) groups is 2. The fourth-order valence-electron chi connectivity index (χ4n) is 6.58. The lowest BCUT2D eigenvalue weighted by Crippen LogP contribution is -2.59. The summed E-state index contributed by atoms with van der Waals surface area (Å²) in [6, 6.07) is 14.1. The van der Waals surface area contributed by atoms with Crippen molar-refractivity contribution in [3.05, 3.63) is 94.4 Å². The molecule has 0 aliphatic heterocycles. The summed E-state index contributed by atoms with van der Waals surface area (Å²) in [7, 11) is 0. The van der Waals surface area contributed by atoms with Gasteiger partial charge in [-0.2, -0.15) is 18.3 Å². The van der Waals surface area contributed by atoms with Crippen LogP contribution in [-0.2, 0) is 16.6 Å². The fraction of sp³-hybridized carbons (Fsp3) is 0.400. The number of alkyl halides is 3. The molecule has 11 heteroatoms. The SMILES string of the molecule is Cc1cc(CCC(O)(CC(C)(C)c2cc(F)ccc2C)C(F)(F)F)c2cnn(-c3cccc(C(=O)NC4(C(=O)O)CCC4)c3)c2c1. The first-order chi connectivity index (χ1) is 21.4. The molecular weight excluding hydrogens is 602 g/mol. The predicted molar refractivity (Wildman–Crippen MR) is 166 cm³/mol. The Kier molecular flexibility index (Phi) is 8.52. The van der Waals surface area contributed by atoms with Crippen LogP contribution < -0.4 is 5.32 Å². The molecule has 3 aromatic carbocycles. The lowest BCUT2D eigenvalue weighted by atomic mass is 9.72. The van der Waals surface area contributed by atoms with E-state index >= 15 is 0 Å². The highest BCUT2D eigenvalue weighted by atomic mass is 19.4. The number of rotatable bonds is 10. The van der Waals surface area contributed by atoms with Crippen LogP contribution in [0.1, 0.15) is 78.6 Å². The van der Waals surface area contributed by atoms with E-state index in [1.807, 2.05) is 6.07 Å². The average Bonchev–Trinajstić information content (AvgIpc) is 3.37. The number of aliphatic carboxylic acids is 1. The zero-order chi connectivity index (χ0) is 33.7. The van der Waals surface area contributed by atoms with Crippen molar-refractivity contribution in [2.45, 2.75) is 89.0 Å². The molecule has 0 spiro atoms. The zero-order valence-corrected chi connectivity index (χ0v) is 26.1. The van der Waals surface area contributed by atoms with Gasteiger partial charge in [-0.1, -0.05) is 32.0 Å². The van der Waals surface area contributed by atoms with Gasteiger partial charge >= 0.3 is 12.1 Å². The Balaban J connectivity index is 1.43. The molecule has 1 aliphatic carbocycles. The Bertz CT molecular complexity index is 1810. The first-order valence-electron chi connectivity index (χ1n) is 15.1. The molecule has 5 rings (SSSR count). The largest absolute Gasteiger partial charge is 0.480 e. The molecule has 0 bridgehead atoms. The summed E-state index contributed by atoms with van der Waals surface area (Å²) in [6.07, 6.45) is -3.40. The highest BCUT2D eigenvalue weighted by molar-refractivity contribution is 5.98. The van der Waals surface area contributed by atoms with Crippen LogP contribution in [0.15, 0.2) is 60.8 Å². The third-order valence-electron chi connectivity index (χ3n) is 9.24. The number of nitrogens with zero attached hydrogens (tertiary/aromatic N) is 2. The van der Waals surface area contributed by atoms with Crippen LogP contribution >= 0.6 is 0 Å².